The third kappa shape index (κ3) is 4.41. The molecule has 1 fully saturated rings. The highest BCUT2D eigenvalue weighted by molar-refractivity contribution is 5.92. The third-order valence-corrected chi connectivity index (χ3v) is 3.79. The lowest BCUT2D eigenvalue weighted by molar-refractivity contribution is -0.274. The fraction of sp³-hybridized carbons (Fsp3) is 0.235. The van der Waals surface area contributed by atoms with Gasteiger partial charge in [-0.05, 0) is 42.8 Å². The van der Waals surface area contributed by atoms with Crippen molar-refractivity contribution in [2.75, 3.05) is 5.32 Å². The summed E-state index contributed by atoms with van der Waals surface area (Å²) in [5.74, 6) is -2.01. The van der Waals surface area contributed by atoms with Gasteiger partial charge in [-0.2, -0.15) is 0 Å². The Morgan fingerprint density at radius 2 is 1.69 bits per heavy atom. The predicted molar refractivity (Wildman–Crippen MR) is 85.9 cm³/mol. The van der Waals surface area contributed by atoms with Crippen molar-refractivity contribution in [1.29, 1.82) is 0 Å². The van der Waals surface area contributed by atoms with Gasteiger partial charge < -0.3 is 15.8 Å². The standard InChI is InChI=1S/C17H14F5N3O/c18-12-2-1-3-13(19)15(12)11-8-14(11)25-16(23)24-9-4-6-10(7-5-9)26-17(20,21)22/h1-7,11,14H,8H2,(H3,23,24,25). The van der Waals surface area contributed by atoms with E-state index in [0.717, 1.165) is 12.1 Å². The lowest BCUT2D eigenvalue weighted by Crippen LogP contribution is -2.23. The number of alkyl halides is 3. The van der Waals surface area contributed by atoms with Gasteiger partial charge in [-0.15, -0.1) is 13.2 Å². The molecule has 0 aliphatic heterocycles. The average Bonchev–Trinajstić information content (AvgIpc) is 3.26. The van der Waals surface area contributed by atoms with Gasteiger partial charge >= 0.3 is 6.36 Å². The molecule has 9 heteroatoms. The van der Waals surface area contributed by atoms with Crippen molar-refractivity contribution in [3.8, 4) is 5.75 Å². The van der Waals surface area contributed by atoms with Crippen LogP contribution in [0.4, 0.5) is 27.6 Å². The van der Waals surface area contributed by atoms with E-state index in [1.165, 1.54) is 30.3 Å². The number of aliphatic imine (C=N–C) groups is 1. The minimum atomic E-state index is -4.77. The number of anilines is 1. The van der Waals surface area contributed by atoms with Gasteiger partial charge in [0.15, 0.2) is 5.96 Å². The van der Waals surface area contributed by atoms with Crippen LogP contribution in [0.25, 0.3) is 0 Å². The Kier molecular flexibility index (Phi) is 4.71. The second kappa shape index (κ2) is 6.81. The minimum absolute atomic E-state index is 0.00117. The summed E-state index contributed by atoms with van der Waals surface area (Å²) in [7, 11) is 0. The molecule has 0 heterocycles. The number of hydrogen-bond acceptors (Lipinski definition) is 2. The molecule has 0 radical (unpaired) electrons. The smallest absolute Gasteiger partial charge is 0.406 e. The van der Waals surface area contributed by atoms with E-state index in [1.54, 1.807) is 0 Å². The van der Waals surface area contributed by atoms with E-state index in [2.05, 4.69) is 15.0 Å². The first-order valence-electron chi connectivity index (χ1n) is 7.63. The van der Waals surface area contributed by atoms with Crippen molar-refractivity contribution in [3.63, 3.8) is 0 Å². The van der Waals surface area contributed by atoms with Gasteiger partial charge in [0, 0.05) is 17.2 Å². The molecule has 0 saturated heterocycles. The highest BCUT2D eigenvalue weighted by Gasteiger charge is 2.42. The quantitative estimate of drug-likeness (QED) is 0.482. The van der Waals surface area contributed by atoms with Crippen molar-refractivity contribution in [3.05, 3.63) is 59.7 Å². The fourth-order valence-corrected chi connectivity index (χ4v) is 2.60. The number of nitrogens with zero attached hydrogens (tertiary/aromatic N) is 1. The van der Waals surface area contributed by atoms with Crippen LogP contribution in [0, 0.1) is 11.6 Å². The molecule has 0 bridgehead atoms. The second-order valence-corrected chi connectivity index (χ2v) is 5.76. The zero-order chi connectivity index (χ0) is 18.9. The van der Waals surface area contributed by atoms with E-state index >= 15 is 0 Å². The molecular formula is C17H14F5N3O. The van der Waals surface area contributed by atoms with Crippen LogP contribution in [0.3, 0.4) is 0 Å². The van der Waals surface area contributed by atoms with Crippen LogP contribution >= 0.6 is 0 Å². The molecule has 2 unspecified atom stereocenters. The molecule has 4 nitrogen and oxygen atoms in total. The van der Waals surface area contributed by atoms with Crippen LogP contribution in [0.1, 0.15) is 17.9 Å². The summed E-state index contributed by atoms with van der Waals surface area (Å²) < 4.78 is 67.5. The maximum Gasteiger partial charge on any atom is 0.573 e. The lowest BCUT2D eigenvalue weighted by Gasteiger charge is -2.10. The Morgan fingerprint density at radius 1 is 1.08 bits per heavy atom. The SMILES string of the molecule is NC(=NC1CC1c1c(F)cccc1F)Nc1ccc(OC(F)(F)F)cc1. The molecule has 138 valence electrons. The maximum atomic E-state index is 13.7. The fourth-order valence-electron chi connectivity index (χ4n) is 2.60. The summed E-state index contributed by atoms with van der Waals surface area (Å²) in [5.41, 5.74) is 6.13. The van der Waals surface area contributed by atoms with Crippen molar-refractivity contribution >= 4 is 11.6 Å². The normalized spacial score (nSPS) is 20.0. The molecule has 0 aromatic heterocycles. The number of rotatable bonds is 4. The van der Waals surface area contributed by atoms with E-state index < -0.39 is 18.0 Å². The summed E-state index contributed by atoms with van der Waals surface area (Å²) in [6.45, 7) is 0. The molecule has 2 aromatic rings. The predicted octanol–water partition coefficient (Wildman–Crippen LogP) is 4.15. The number of nitrogens with one attached hydrogen (secondary N) is 1. The van der Waals surface area contributed by atoms with Gasteiger partial charge in [0.1, 0.15) is 17.4 Å². The number of guanidine groups is 1. The highest BCUT2D eigenvalue weighted by atomic mass is 19.4. The first-order chi connectivity index (χ1) is 12.2. The molecule has 1 saturated carbocycles. The van der Waals surface area contributed by atoms with E-state index in [9.17, 15) is 22.0 Å². The number of ether oxygens (including phenoxy) is 1. The highest BCUT2D eigenvalue weighted by Crippen LogP contribution is 2.45. The molecule has 0 amide bonds. The summed E-state index contributed by atoms with van der Waals surface area (Å²) in [6.07, 6.45) is -4.31. The van der Waals surface area contributed by atoms with Crippen LogP contribution in [-0.2, 0) is 0 Å². The number of benzene rings is 2. The van der Waals surface area contributed by atoms with E-state index in [1.807, 2.05) is 0 Å². The van der Waals surface area contributed by atoms with E-state index in [0.29, 0.717) is 12.1 Å². The van der Waals surface area contributed by atoms with Crippen LogP contribution in [0.5, 0.6) is 5.75 Å². The van der Waals surface area contributed by atoms with Gasteiger partial charge in [0.25, 0.3) is 0 Å². The molecule has 3 rings (SSSR count). The molecule has 1 aliphatic carbocycles. The summed E-state index contributed by atoms with van der Waals surface area (Å²) >= 11 is 0. The molecule has 3 N–H and O–H groups in total. The monoisotopic (exact) mass is 371 g/mol. The second-order valence-electron chi connectivity index (χ2n) is 5.76. The molecule has 26 heavy (non-hydrogen) atoms. The number of hydrogen-bond donors (Lipinski definition) is 2. The Morgan fingerprint density at radius 3 is 2.27 bits per heavy atom. The average molecular weight is 371 g/mol. The first-order valence-corrected chi connectivity index (χ1v) is 7.63. The van der Waals surface area contributed by atoms with Crippen LogP contribution in [0.15, 0.2) is 47.5 Å². The van der Waals surface area contributed by atoms with E-state index in [-0.39, 0.29) is 29.2 Å². The molecule has 1 aliphatic rings. The zero-order valence-electron chi connectivity index (χ0n) is 13.2. The largest absolute Gasteiger partial charge is 0.573 e. The molecule has 0 spiro atoms. The van der Waals surface area contributed by atoms with Crippen molar-refractivity contribution in [2.45, 2.75) is 24.7 Å². The maximum absolute atomic E-state index is 13.7. The third-order valence-electron chi connectivity index (χ3n) is 3.79. The Balaban J connectivity index is 1.61. The Bertz CT molecular complexity index is 800. The van der Waals surface area contributed by atoms with Crippen LogP contribution in [-0.4, -0.2) is 18.4 Å². The van der Waals surface area contributed by atoms with Gasteiger partial charge in [-0.1, -0.05) is 6.07 Å². The topological polar surface area (TPSA) is 59.6 Å². The lowest BCUT2D eigenvalue weighted by atomic mass is 10.1. The van der Waals surface area contributed by atoms with E-state index in [4.69, 9.17) is 5.73 Å². The van der Waals surface area contributed by atoms with Gasteiger partial charge in [-0.3, -0.25) is 0 Å². The van der Waals surface area contributed by atoms with Crippen LogP contribution < -0.4 is 15.8 Å². The zero-order valence-corrected chi connectivity index (χ0v) is 13.2. The minimum Gasteiger partial charge on any atom is -0.406 e. The summed E-state index contributed by atoms with van der Waals surface area (Å²) in [5, 5.41) is 2.71. The Labute approximate surface area is 145 Å². The number of halogens is 5. The molecular weight excluding hydrogens is 357 g/mol. The molecule has 2 aromatic carbocycles. The Hall–Kier alpha value is -2.84. The van der Waals surface area contributed by atoms with Crippen molar-refractivity contribution in [1.82, 2.24) is 0 Å². The van der Waals surface area contributed by atoms with Crippen molar-refractivity contribution < 1.29 is 26.7 Å². The van der Waals surface area contributed by atoms with Gasteiger partial charge in [0.2, 0.25) is 0 Å². The van der Waals surface area contributed by atoms with Crippen LogP contribution in [0.2, 0.25) is 0 Å². The van der Waals surface area contributed by atoms with Gasteiger partial charge in [0.05, 0.1) is 6.04 Å². The summed E-state index contributed by atoms with van der Waals surface area (Å²) in [4.78, 5) is 4.14. The summed E-state index contributed by atoms with van der Waals surface area (Å²) in [6, 6.07) is 8.22. The van der Waals surface area contributed by atoms with Crippen molar-refractivity contribution in [2.24, 2.45) is 10.7 Å². The first kappa shape index (κ1) is 18.0. The molecule has 2 atom stereocenters. The number of nitrogens with two attached hydrogens (primary N) is 1. The van der Waals surface area contributed by atoms with Gasteiger partial charge in [-0.25, -0.2) is 13.8 Å².